The van der Waals surface area contributed by atoms with Crippen LogP contribution >= 0.6 is 0 Å². The summed E-state index contributed by atoms with van der Waals surface area (Å²) in [7, 11) is 1.58. The molecule has 1 aromatic heterocycles. The Labute approximate surface area is 138 Å². The van der Waals surface area contributed by atoms with E-state index in [1.807, 2.05) is 10.8 Å². The first-order chi connectivity index (χ1) is 11.6. The molecule has 2 aromatic rings. The molecule has 9 heteroatoms. The molecule has 0 amide bonds. The van der Waals surface area contributed by atoms with Crippen molar-refractivity contribution in [3.05, 3.63) is 45.5 Å². The van der Waals surface area contributed by atoms with Gasteiger partial charge in [-0.2, -0.15) is 10.4 Å². The van der Waals surface area contributed by atoms with Crippen molar-refractivity contribution in [3.63, 3.8) is 0 Å². The zero-order valence-corrected chi connectivity index (χ0v) is 13.1. The molecule has 0 bridgehead atoms. The monoisotopic (exact) mass is 328 g/mol. The van der Waals surface area contributed by atoms with Crippen molar-refractivity contribution in [2.24, 2.45) is 0 Å². The van der Waals surface area contributed by atoms with Crippen molar-refractivity contribution in [1.29, 1.82) is 5.26 Å². The number of aryl methyl sites for hydroxylation is 1. The zero-order chi connectivity index (χ0) is 17.1. The Morgan fingerprint density at radius 1 is 1.58 bits per heavy atom. The van der Waals surface area contributed by atoms with E-state index in [1.165, 1.54) is 6.07 Å². The van der Waals surface area contributed by atoms with Gasteiger partial charge in [0.25, 0.3) is 5.69 Å². The van der Waals surface area contributed by atoms with Gasteiger partial charge in [-0.1, -0.05) is 0 Å². The molecule has 124 valence electrons. The summed E-state index contributed by atoms with van der Waals surface area (Å²) in [5.41, 5.74) is 0.498. The molecule has 9 nitrogen and oxygen atoms in total. The number of methoxy groups -OCH3 is 1. The highest BCUT2D eigenvalue weighted by atomic mass is 16.6. The summed E-state index contributed by atoms with van der Waals surface area (Å²) in [6.45, 7) is 1.09. The third-order valence-electron chi connectivity index (χ3n) is 3.85. The van der Waals surface area contributed by atoms with Crippen LogP contribution in [0.15, 0.2) is 18.2 Å². The van der Waals surface area contributed by atoms with Gasteiger partial charge in [0.2, 0.25) is 0 Å². The van der Waals surface area contributed by atoms with Crippen molar-refractivity contribution >= 4 is 11.4 Å². The summed E-state index contributed by atoms with van der Waals surface area (Å²) in [4.78, 5) is 15.2. The molecule has 0 saturated heterocycles. The molecule has 0 aliphatic carbocycles. The van der Waals surface area contributed by atoms with Gasteiger partial charge in [-0.3, -0.25) is 10.1 Å². The lowest BCUT2D eigenvalue weighted by Crippen LogP contribution is -2.23. The molecule has 1 aromatic carbocycles. The SMILES string of the molecule is COCc1nc2n(n1)CCCC2Nc1ccc(C#N)cc1[N+](=O)[O-]. The molecular weight excluding hydrogens is 312 g/mol. The number of hydrogen-bond donors (Lipinski definition) is 1. The van der Waals surface area contributed by atoms with Crippen molar-refractivity contribution in [2.45, 2.75) is 32.0 Å². The van der Waals surface area contributed by atoms with Gasteiger partial charge in [-0.25, -0.2) is 9.67 Å². The van der Waals surface area contributed by atoms with E-state index in [-0.39, 0.29) is 17.3 Å². The summed E-state index contributed by atoms with van der Waals surface area (Å²) < 4.78 is 6.87. The molecule has 0 saturated carbocycles. The summed E-state index contributed by atoms with van der Waals surface area (Å²) in [5.74, 6) is 1.34. The third kappa shape index (κ3) is 3.04. The van der Waals surface area contributed by atoms with E-state index in [2.05, 4.69) is 15.4 Å². The highest BCUT2D eigenvalue weighted by Crippen LogP contribution is 2.32. The Bertz CT molecular complexity index is 810. The molecule has 0 radical (unpaired) electrons. The Hall–Kier alpha value is -2.99. The van der Waals surface area contributed by atoms with Gasteiger partial charge in [0.15, 0.2) is 5.82 Å². The number of nitro groups is 1. The van der Waals surface area contributed by atoms with Gasteiger partial charge < -0.3 is 10.1 Å². The van der Waals surface area contributed by atoms with E-state index < -0.39 is 4.92 Å². The van der Waals surface area contributed by atoms with E-state index in [0.29, 0.717) is 18.1 Å². The first-order valence-electron chi connectivity index (χ1n) is 7.50. The lowest BCUT2D eigenvalue weighted by molar-refractivity contribution is -0.384. The van der Waals surface area contributed by atoms with Gasteiger partial charge in [0, 0.05) is 19.7 Å². The lowest BCUT2D eigenvalue weighted by Gasteiger charge is -2.23. The van der Waals surface area contributed by atoms with E-state index in [0.717, 1.165) is 25.2 Å². The van der Waals surface area contributed by atoms with Crippen LogP contribution in [-0.2, 0) is 17.9 Å². The van der Waals surface area contributed by atoms with Crippen LogP contribution in [0.2, 0.25) is 0 Å². The number of aromatic nitrogens is 3. The number of anilines is 1. The van der Waals surface area contributed by atoms with Crippen LogP contribution in [0.25, 0.3) is 0 Å². The summed E-state index contributed by atoms with van der Waals surface area (Å²) >= 11 is 0. The number of nitrogens with zero attached hydrogens (tertiary/aromatic N) is 5. The Kier molecular flexibility index (Phi) is 4.39. The molecule has 1 aliphatic heterocycles. The average molecular weight is 328 g/mol. The maximum atomic E-state index is 11.3. The second-order valence-corrected chi connectivity index (χ2v) is 5.48. The number of fused-ring (bicyclic) bond motifs is 1. The maximum absolute atomic E-state index is 11.3. The fourth-order valence-electron chi connectivity index (χ4n) is 2.79. The third-order valence-corrected chi connectivity index (χ3v) is 3.85. The first-order valence-corrected chi connectivity index (χ1v) is 7.50. The number of ether oxygens (including phenoxy) is 1. The quantitative estimate of drug-likeness (QED) is 0.659. The topological polar surface area (TPSA) is 119 Å². The van der Waals surface area contributed by atoms with Crippen molar-refractivity contribution in [1.82, 2.24) is 14.8 Å². The number of benzene rings is 1. The molecule has 1 N–H and O–H groups in total. The van der Waals surface area contributed by atoms with Crippen LogP contribution < -0.4 is 5.32 Å². The van der Waals surface area contributed by atoms with Crippen LogP contribution in [0.4, 0.5) is 11.4 Å². The van der Waals surface area contributed by atoms with Gasteiger partial charge >= 0.3 is 0 Å². The van der Waals surface area contributed by atoms with Crippen molar-refractivity contribution < 1.29 is 9.66 Å². The molecule has 2 heterocycles. The first kappa shape index (κ1) is 15.9. The van der Waals surface area contributed by atoms with Crippen LogP contribution in [0.5, 0.6) is 0 Å². The van der Waals surface area contributed by atoms with Crippen LogP contribution in [0.3, 0.4) is 0 Å². The zero-order valence-electron chi connectivity index (χ0n) is 13.1. The summed E-state index contributed by atoms with van der Waals surface area (Å²) in [5, 5.41) is 27.7. The largest absolute Gasteiger partial charge is 0.377 e. The van der Waals surface area contributed by atoms with E-state index in [4.69, 9.17) is 10.00 Å². The number of hydrogen-bond acceptors (Lipinski definition) is 7. The molecule has 24 heavy (non-hydrogen) atoms. The average Bonchev–Trinajstić information content (AvgIpc) is 2.99. The number of nitro benzene ring substituents is 1. The molecule has 0 fully saturated rings. The van der Waals surface area contributed by atoms with Crippen molar-refractivity contribution in [2.75, 3.05) is 12.4 Å². The highest BCUT2D eigenvalue weighted by molar-refractivity contribution is 5.64. The van der Waals surface area contributed by atoms with Gasteiger partial charge in [0.1, 0.15) is 18.1 Å². The number of rotatable bonds is 5. The summed E-state index contributed by atoms with van der Waals surface area (Å²) in [6.07, 6.45) is 1.69. The predicted molar refractivity (Wildman–Crippen MR) is 84.1 cm³/mol. The minimum Gasteiger partial charge on any atom is -0.377 e. The fraction of sp³-hybridized carbons (Fsp3) is 0.400. The molecule has 3 rings (SSSR count). The minimum absolute atomic E-state index is 0.122. The highest BCUT2D eigenvalue weighted by Gasteiger charge is 2.26. The van der Waals surface area contributed by atoms with Crippen LogP contribution in [-0.4, -0.2) is 26.8 Å². The normalized spacial score (nSPS) is 16.2. The van der Waals surface area contributed by atoms with Gasteiger partial charge in [-0.15, -0.1) is 0 Å². The summed E-state index contributed by atoms with van der Waals surface area (Å²) in [6, 6.07) is 6.12. The fourth-order valence-corrected chi connectivity index (χ4v) is 2.79. The molecule has 1 atom stereocenters. The number of nitrogens with one attached hydrogen (secondary N) is 1. The second kappa shape index (κ2) is 6.64. The maximum Gasteiger partial charge on any atom is 0.293 e. The smallest absolute Gasteiger partial charge is 0.293 e. The molecule has 1 unspecified atom stereocenters. The molecule has 1 aliphatic rings. The Morgan fingerprint density at radius 3 is 3.12 bits per heavy atom. The second-order valence-electron chi connectivity index (χ2n) is 5.48. The lowest BCUT2D eigenvalue weighted by atomic mass is 10.1. The van der Waals surface area contributed by atoms with Gasteiger partial charge in [0.05, 0.1) is 22.6 Å². The Balaban J connectivity index is 1.90. The Morgan fingerprint density at radius 2 is 2.42 bits per heavy atom. The molecule has 0 spiro atoms. The van der Waals surface area contributed by atoms with E-state index in [9.17, 15) is 10.1 Å². The minimum atomic E-state index is -0.493. The van der Waals surface area contributed by atoms with E-state index in [1.54, 1.807) is 19.2 Å². The van der Waals surface area contributed by atoms with Crippen LogP contribution in [0, 0.1) is 21.4 Å². The molecular formula is C15H16N6O3. The van der Waals surface area contributed by atoms with Gasteiger partial charge in [-0.05, 0) is 25.0 Å². The number of nitriles is 1. The van der Waals surface area contributed by atoms with Crippen molar-refractivity contribution in [3.8, 4) is 6.07 Å². The van der Waals surface area contributed by atoms with E-state index >= 15 is 0 Å². The predicted octanol–water partition coefficient (Wildman–Crippen LogP) is 2.15. The standard InChI is InChI=1S/C15H16N6O3/c1-24-9-14-18-15-12(3-2-6-20(15)19-14)17-11-5-4-10(8-16)7-13(11)21(22)23/h4-5,7,12,17H,2-3,6,9H2,1H3. The van der Waals surface area contributed by atoms with Crippen LogP contribution in [0.1, 0.15) is 36.1 Å².